The lowest BCUT2D eigenvalue weighted by molar-refractivity contribution is 0.0933. The summed E-state index contributed by atoms with van der Waals surface area (Å²) in [6, 6.07) is 7.51. The average molecular weight is 394 g/mol. The van der Waals surface area contributed by atoms with Gasteiger partial charge in [0.15, 0.2) is 17.4 Å². The molecule has 122 valence electrons. The van der Waals surface area contributed by atoms with Crippen LogP contribution >= 0.6 is 15.9 Å². The summed E-state index contributed by atoms with van der Waals surface area (Å²) in [7, 11) is 0. The number of carbonyl (C=O) groups excluding carboxylic acids is 2. The van der Waals surface area contributed by atoms with Gasteiger partial charge in [0, 0.05) is 22.3 Å². The Morgan fingerprint density at radius 2 is 1.79 bits per heavy atom. The number of hydrogen-bond donors (Lipinski definition) is 1. The van der Waals surface area contributed by atoms with E-state index < -0.39 is 29.2 Å². The van der Waals surface area contributed by atoms with Crippen LogP contribution in [0, 0.1) is 11.6 Å². The van der Waals surface area contributed by atoms with Crippen molar-refractivity contribution >= 4 is 38.5 Å². The predicted molar refractivity (Wildman–Crippen MR) is 87.4 cm³/mol. The van der Waals surface area contributed by atoms with Gasteiger partial charge in [-0.15, -0.1) is 0 Å². The second-order valence-corrected chi connectivity index (χ2v) is 6.09. The zero-order chi connectivity index (χ0) is 17.6. The number of nitrogens with zero attached hydrogens (tertiary/aromatic N) is 1. The molecule has 7 heteroatoms. The van der Waals surface area contributed by atoms with Gasteiger partial charge in [-0.2, -0.15) is 0 Å². The van der Waals surface area contributed by atoms with E-state index >= 15 is 0 Å². The first-order valence-corrected chi connectivity index (χ1v) is 7.64. The normalized spacial score (nSPS) is 11.0. The fourth-order valence-electron chi connectivity index (χ4n) is 2.57. The molecule has 4 nitrogen and oxygen atoms in total. The second kappa shape index (κ2) is 5.83. The third-order valence-corrected chi connectivity index (χ3v) is 4.12. The first-order valence-electron chi connectivity index (χ1n) is 6.85. The molecule has 0 amide bonds. The minimum atomic E-state index is -1.17. The molecule has 0 atom stereocenters. The number of halogens is 3. The van der Waals surface area contributed by atoms with E-state index in [2.05, 4.69) is 15.9 Å². The first-order chi connectivity index (χ1) is 11.3. The lowest BCUT2D eigenvalue weighted by Crippen LogP contribution is -2.06. The number of benzene rings is 2. The Labute approximate surface area is 143 Å². The first kappa shape index (κ1) is 16.3. The fourth-order valence-corrected chi connectivity index (χ4v) is 2.94. The highest BCUT2D eigenvalue weighted by atomic mass is 79.9. The van der Waals surface area contributed by atoms with E-state index in [0.29, 0.717) is 15.4 Å². The van der Waals surface area contributed by atoms with Crippen molar-refractivity contribution in [2.24, 2.45) is 0 Å². The summed E-state index contributed by atoms with van der Waals surface area (Å²) in [6.07, 6.45) is 0. The zero-order valence-electron chi connectivity index (χ0n) is 12.3. The SMILES string of the molecule is CC(=O)n1c(O)c(C(=O)c2ccc(F)c(F)c2)c2cc(Br)ccc21. The molecule has 0 aliphatic heterocycles. The van der Waals surface area contributed by atoms with Gasteiger partial charge in [-0.25, -0.2) is 8.78 Å². The topological polar surface area (TPSA) is 59.3 Å². The maximum atomic E-state index is 13.4. The summed E-state index contributed by atoms with van der Waals surface area (Å²) >= 11 is 3.27. The van der Waals surface area contributed by atoms with Crippen LogP contribution in [0.3, 0.4) is 0 Å². The maximum absolute atomic E-state index is 13.4. The Hall–Kier alpha value is -2.54. The van der Waals surface area contributed by atoms with Gasteiger partial charge in [0.2, 0.25) is 11.8 Å². The molecule has 1 N–H and O–H groups in total. The van der Waals surface area contributed by atoms with Crippen molar-refractivity contribution in [3.05, 3.63) is 63.6 Å². The Balaban J connectivity index is 2.30. The summed E-state index contributed by atoms with van der Waals surface area (Å²) < 4.78 is 28.1. The second-order valence-electron chi connectivity index (χ2n) is 5.17. The lowest BCUT2D eigenvalue weighted by atomic mass is 10.0. The van der Waals surface area contributed by atoms with E-state index in [1.54, 1.807) is 18.2 Å². The number of ketones is 1. The fraction of sp³-hybridized carbons (Fsp3) is 0.0588. The van der Waals surface area contributed by atoms with Gasteiger partial charge in [0.25, 0.3) is 0 Å². The van der Waals surface area contributed by atoms with Crippen LogP contribution < -0.4 is 0 Å². The van der Waals surface area contributed by atoms with Gasteiger partial charge in [-0.05, 0) is 36.4 Å². The van der Waals surface area contributed by atoms with Crippen LogP contribution in [-0.4, -0.2) is 21.4 Å². The number of aromatic nitrogens is 1. The quantitative estimate of drug-likeness (QED) is 0.661. The van der Waals surface area contributed by atoms with Crippen molar-refractivity contribution in [3.63, 3.8) is 0 Å². The average Bonchev–Trinajstić information content (AvgIpc) is 2.80. The van der Waals surface area contributed by atoms with Gasteiger partial charge in [-0.1, -0.05) is 15.9 Å². The van der Waals surface area contributed by atoms with Gasteiger partial charge in [0.05, 0.1) is 11.1 Å². The number of hydrogen-bond acceptors (Lipinski definition) is 3. The number of carbonyl (C=O) groups is 2. The molecule has 2 aromatic carbocycles. The highest BCUT2D eigenvalue weighted by Gasteiger charge is 2.25. The molecule has 0 bridgehead atoms. The van der Waals surface area contributed by atoms with Crippen LogP contribution in [0.5, 0.6) is 5.88 Å². The molecule has 0 fully saturated rings. The summed E-state index contributed by atoms with van der Waals surface area (Å²) in [5, 5.41) is 10.7. The van der Waals surface area contributed by atoms with Crippen LogP contribution in [0.4, 0.5) is 8.78 Å². The Kier molecular flexibility index (Phi) is 3.96. The molecule has 0 radical (unpaired) electrons. The van der Waals surface area contributed by atoms with Crippen molar-refractivity contribution < 1.29 is 23.5 Å². The molecular weight excluding hydrogens is 384 g/mol. The molecule has 3 rings (SSSR count). The van der Waals surface area contributed by atoms with E-state index in [1.165, 1.54) is 6.92 Å². The van der Waals surface area contributed by atoms with Crippen LogP contribution in [0.25, 0.3) is 10.9 Å². The van der Waals surface area contributed by atoms with Crippen LogP contribution in [0.15, 0.2) is 40.9 Å². The third kappa shape index (κ3) is 2.50. The van der Waals surface area contributed by atoms with Crippen molar-refractivity contribution in [2.45, 2.75) is 6.92 Å². The highest BCUT2D eigenvalue weighted by Crippen LogP contribution is 2.35. The molecule has 1 aromatic heterocycles. The van der Waals surface area contributed by atoms with E-state index in [4.69, 9.17) is 0 Å². The van der Waals surface area contributed by atoms with E-state index in [1.807, 2.05) is 0 Å². The summed E-state index contributed by atoms with van der Waals surface area (Å²) in [6.45, 7) is 1.24. The smallest absolute Gasteiger partial charge is 0.230 e. The van der Waals surface area contributed by atoms with E-state index in [-0.39, 0.29) is 11.1 Å². The van der Waals surface area contributed by atoms with Crippen LogP contribution in [-0.2, 0) is 0 Å². The van der Waals surface area contributed by atoms with Crippen molar-refractivity contribution in [1.29, 1.82) is 0 Å². The monoisotopic (exact) mass is 393 g/mol. The van der Waals surface area contributed by atoms with Crippen molar-refractivity contribution in [1.82, 2.24) is 4.57 Å². The third-order valence-electron chi connectivity index (χ3n) is 3.63. The van der Waals surface area contributed by atoms with E-state index in [9.17, 15) is 23.5 Å². The molecule has 24 heavy (non-hydrogen) atoms. The molecule has 0 aliphatic carbocycles. The summed E-state index contributed by atoms with van der Waals surface area (Å²) in [4.78, 5) is 24.5. The molecule has 0 spiro atoms. The molecule has 0 saturated carbocycles. The number of rotatable bonds is 2. The Bertz CT molecular complexity index is 1010. The molecule has 0 saturated heterocycles. The molecule has 1 heterocycles. The largest absolute Gasteiger partial charge is 0.494 e. The molecule has 0 aliphatic rings. The van der Waals surface area contributed by atoms with Crippen LogP contribution in [0.2, 0.25) is 0 Å². The zero-order valence-corrected chi connectivity index (χ0v) is 13.9. The van der Waals surface area contributed by atoms with Crippen LogP contribution in [0.1, 0.15) is 27.6 Å². The Morgan fingerprint density at radius 3 is 2.42 bits per heavy atom. The van der Waals surface area contributed by atoms with Crippen molar-refractivity contribution in [3.8, 4) is 5.88 Å². The molecule has 3 aromatic rings. The minimum absolute atomic E-state index is 0.133. The number of fused-ring (bicyclic) bond motifs is 1. The number of aromatic hydroxyl groups is 1. The maximum Gasteiger partial charge on any atom is 0.230 e. The summed E-state index contributed by atoms with van der Waals surface area (Å²) in [5.41, 5.74) is 0.0634. The molecule has 0 unspecified atom stereocenters. The van der Waals surface area contributed by atoms with Gasteiger partial charge < -0.3 is 5.11 Å². The standard InChI is InChI=1S/C17H10BrF2NO3/c1-8(22)21-14-5-3-10(18)7-11(14)15(17(21)24)16(23)9-2-4-12(19)13(20)6-9/h2-7,24H,1H3. The van der Waals surface area contributed by atoms with E-state index in [0.717, 1.165) is 22.8 Å². The minimum Gasteiger partial charge on any atom is -0.494 e. The van der Waals surface area contributed by atoms with Crippen molar-refractivity contribution in [2.75, 3.05) is 0 Å². The predicted octanol–water partition coefficient (Wildman–Crippen LogP) is 4.28. The van der Waals surface area contributed by atoms with Gasteiger partial charge in [-0.3, -0.25) is 14.2 Å². The Morgan fingerprint density at radius 1 is 1.08 bits per heavy atom. The highest BCUT2D eigenvalue weighted by molar-refractivity contribution is 9.10. The molecular formula is C17H10BrF2NO3. The summed E-state index contributed by atoms with van der Waals surface area (Å²) in [5.74, 6) is -3.98. The lowest BCUT2D eigenvalue weighted by Gasteiger charge is -2.03. The van der Waals surface area contributed by atoms with Gasteiger partial charge in [0.1, 0.15) is 0 Å². The van der Waals surface area contributed by atoms with Gasteiger partial charge >= 0.3 is 0 Å².